The van der Waals surface area contributed by atoms with Crippen LogP contribution in [0.15, 0.2) is 77.7 Å². The Morgan fingerprint density at radius 2 is 1.74 bits per heavy atom. The fourth-order valence-corrected chi connectivity index (χ4v) is 5.85. The minimum absolute atomic E-state index is 0.139. The van der Waals surface area contributed by atoms with Gasteiger partial charge in [0.05, 0.1) is 16.6 Å². The number of hydrogen-bond acceptors (Lipinski definition) is 4. The topological polar surface area (TPSA) is 75.7 Å². The van der Waals surface area contributed by atoms with Gasteiger partial charge in [-0.25, -0.2) is 8.42 Å². The van der Waals surface area contributed by atoms with Crippen LogP contribution in [0, 0.1) is 6.92 Å². The molecule has 1 N–H and O–H groups in total. The molecule has 1 heterocycles. The average Bonchev–Trinajstić information content (AvgIpc) is 2.83. The monoisotopic (exact) mass is 492 g/mol. The van der Waals surface area contributed by atoms with E-state index in [4.69, 9.17) is 4.74 Å². The van der Waals surface area contributed by atoms with Crippen molar-refractivity contribution in [2.45, 2.75) is 57.1 Å². The number of carbonyl (C=O) groups excluding carboxylic acids is 1. The summed E-state index contributed by atoms with van der Waals surface area (Å²) in [4.78, 5) is 13.5. The molecule has 1 amide bonds. The second-order valence-corrected chi connectivity index (χ2v) is 11.4. The first-order chi connectivity index (χ1) is 16.6. The Morgan fingerprint density at radius 3 is 2.40 bits per heavy atom. The maximum Gasteiger partial charge on any atom is 0.264 e. The third-order valence-corrected chi connectivity index (χ3v) is 8.00. The molecule has 1 aliphatic heterocycles. The average molecular weight is 493 g/mol. The summed E-state index contributed by atoms with van der Waals surface area (Å²) in [6.45, 7) is 7.66. The smallest absolute Gasteiger partial charge is 0.264 e. The molecule has 35 heavy (non-hydrogen) atoms. The minimum Gasteiger partial charge on any atom is -0.487 e. The third-order valence-electron chi connectivity index (χ3n) is 6.21. The molecular formula is C28H32N2O4S. The van der Waals surface area contributed by atoms with Gasteiger partial charge in [0.2, 0.25) is 5.91 Å². The van der Waals surface area contributed by atoms with Gasteiger partial charge in [-0.2, -0.15) is 0 Å². The summed E-state index contributed by atoms with van der Waals surface area (Å²) in [6, 6.07) is 21.1. The van der Waals surface area contributed by atoms with Gasteiger partial charge < -0.3 is 10.1 Å². The molecule has 0 saturated carbocycles. The van der Waals surface area contributed by atoms with Gasteiger partial charge >= 0.3 is 0 Å². The van der Waals surface area contributed by atoms with Crippen LogP contribution >= 0.6 is 0 Å². The fraction of sp³-hybridized carbons (Fsp3) is 0.321. The zero-order valence-electron chi connectivity index (χ0n) is 20.6. The van der Waals surface area contributed by atoms with Gasteiger partial charge in [0.1, 0.15) is 17.9 Å². The third kappa shape index (κ3) is 5.51. The Balaban J connectivity index is 1.65. The van der Waals surface area contributed by atoms with Crippen molar-refractivity contribution in [2.75, 3.05) is 10.8 Å². The lowest BCUT2D eigenvalue weighted by atomic mass is 9.89. The Kier molecular flexibility index (Phi) is 6.90. The molecule has 1 unspecified atom stereocenters. The van der Waals surface area contributed by atoms with Crippen molar-refractivity contribution < 1.29 is 17.9 Å². The molecule has 0 fully saturated rings. The number of anilines is 1. The SMILES string of the molecule is CCc1ccc(N(CC(=O)NC2CC(C)(C)Oc3ccc(C)cc32)S(=O)(=O)c2ccccc2)cc1. The highest BCUT2D eigenvalue weighted by Crippen LogP contribution is 2.40. The van der Waals surface area contributed by atoms with Gasteiger partial charge in [-0.3, -0.25) is 9.10 Å². The lowest BCUT2D eigenvalue weighted by Crippen LogP contribution is -2.45. The standard InChI is InChI=1S/C28H32N2O4S/c1-5-21-12-14-22(15-13-21)30(35(32,33)23-9-7-6-8-10-23)19-27(31)29-25-18-28(3,4)34-26-16-11-20(2)17-24(25)26/h6-17,25H,5,18-19H2,1-4H3,(H,29,31). The first kappa shape index (κ1) is 24.8. The van der Waals surface area contributed by atoms with Gasteiger partial charge in [0.15, 0.2) is 0 Å². The molecule has 4 rings (SSSR count). The lowest BCUT2D eigenvalue weighted by molar-refractivity contribution is -0.120. The number of benzene rings is 3. The molecule has 0 aliphatic carbocycles. The summed E-state index contributed by atoms with van der Waals surface area (Å²) in [7, 11) is -3.95. The van der Waals surface area contributed by atoms with E-state index in [-0.39, 0.29) is 23.4 Å². The van der Waals surface area contributed by atoms with E-state index in [9.17, 15) is 13.2 Å². The largest absolute Gasteiger partial charge is 0.487 e. The quantitative estimate of drug-likeness (QED) is 0.494. The highest BCUT2D eigenvalue weighted by molar-refractivity contribution is 7.92. The van der Waals surface area contributed by atoms with Gasteiger partial charge in [-0.05, 0) is 63.1 Å². The Hall–Kier alpha value is -3.32. The van der Waals surface area contributed by atoms with Crippen molar-refractivity contribution in [1.82, 2.24) is 5.32 Å². The number of carbonyl (C=O) groups is 1. The van der Waals surface area contributed by atoms with Crippen LogP contribution in [0.5, 0.6) is 5.75 Å². The maximum atomic E-state index is 13.6. The van der Waals surface area contributed by atoms with E-state index < -0.39 is 15.6 Å². The summed E-state index contributed by atoms with van der Waals surface area (Å²) >= 11 is 0. The molecule has 1 aliphatic rings. The van der Waals surface area contributed by atoms with Gasteiger partial charge in [-0.1, -0.05) is 55.0 Å². The van der Waals surface area contributed by atoms with Crippen molar-refractivity contribution in [3.8, 4) is 5.75 Å². The number of rotatable bonds is 7. The molecule has 0 saturated heterocycles. The van der Waals surface area contributed by atoms with E-state index in [1.807, 2.05) is 58.0 Å². The molecule has 7 heteroatoms. The zero-order valence-corrected chi connectivity index (χ0v) is 21.4. The van der Waals surface area contributed by atoms with E-state index in [2.05, 4.69) is 5.32 Å². The number of nitrogens with one attached hydrogen (secondary N) is 1. The molecule has 184 valence electrons. The molecule has 3 aromatic carbocycles. The number of aryl methyl sites for hydroxylation is 2. The first-order valence-corrected chi connectivity index (χ1v) is 13.3. The fourth-order valence-electron chi connectivity index (χ4n) is 4.41. The molecule has 0 radical (unpaired) electrons. The minimum atomic E-state index is -3.95. The first-order valence-electron chi connectivity index (χ1n) is 11.8. The van der Waals surface area contributed by atoms with Crippen LogP contribution in [0.1, 0.15) is 49.9 Å². The van der Waals surface area contributed by atoms with Crippen molar-refractivity contribution >= 4 is 21.6 Å². The van der Waals surface area contributed by atoms with E-state index in [0.717, 1.165) is 28.9 Å². The van der Waals surface area contributed by atoms with Crippen molar-refractivity contribution in [3.05, 3.63) is 89.5 Å². The Morgan fingerprint density at radius 1 is 1.06 bits per heavy atom. The van der Waals surface area contributed by atoms with Crippen LogP contribution in [-0.2, 0) is 21.2 Å². The normalized spacial score (nSPS) is 16.6. The molecule has 1 atom stereocenters. The van der Waals surface area contributed by atoms with Gasteiger partial charge in [0, 0.05) is 12.0 Å². The van der Waals surface area contributed by atoms with E-state index in [1.165, 1.54) is 4.31 Å². The molecule has 3 aromatic rings. The number of nitrogens with zero attached hydrogens (tertiary/aromatic N) is 1. The van der Waals surface area contributed by atoms with Crippen LogP contribution in [-0.4, -0.2) is 26.5 Å². The predicted molar refractivity (Wildman–Crippen MR) is 138 cm³/mol. The highest BCUT2D eigenvalue weighted by Gasteiger charge is 2.35. The maximum absolute atomic E-state index is 13.6. The molecule has 0 aromatic heterocycles. The molecule has 0 spiro atoms. The second-order valence-electron chi connectivity index (χ2n) is 9.57. The molecule has 6 nitrogen and oxygen atoms in total. The number of amides is 1. The predicted octanol–water partition coefficient (Wildman–Crippen LogP) is 5.17. The second kappa shape index (κ2) is 9.74. The number of ether oxygens (including phenoxy) is 1. The summed E-state index contributed by atoms with van der Waals surface area (Å²) < 4.78 is 34.5. The van der Waals surface area contributed by atoms with E-state index >= 15 is 0 Å². The van der Waals surface area contributed by atoms with Crippen molar-refractivity contribution in [1.29, 1.82) is 0 Å². The summed E-state index contributed by atoms with van der Waals surface area (Å²) in [5, 5.41) is 3.08. The number of hydrogen-bond donors (Lipinski definition) is 1. The summed E-state index contributed by atoms with van der Waals surface area (Å²) in [5.41, 5.74) is 3.04. The van der Waals surface area contributed by atoms with Crippen LogP contribution < -0.4 is 14.4 Å². The van der Waals surface area contributed by atoms with Gasteiger partial charge in [0.25, 0.3) is 10.0 Å². The summed E-state index contributed by atoms with van der Waals surface area (Å²) in [6.07, 6.45) is 1.41. The van der Waals surface area contributed by atoms with E-state index in [0.29, 0.717) is 12.1 Å². The van der Waals surface area contributed by atoms with Crippen molar-refractivity contribution in [3.63, 3.8) is 0 Å². The Bertz CT molecular complexity index is 1300. The summed E-state index contributed by atoms with van der Waals surface area (Å²) in [5.74, 6) is 0.361. The molecule has 0 bridgehead atoms. The molecular weight excluding hydrogens is 460 g/mol. The van der Waals surface area contributed by atoms with Gasteiger partial charge in [-0.15, -0.1) is 0 Å². The van der Waals surface area contributed by atoms with Crippen LogP contribution in [0.2, 0.25) is 0 Å². The zero-order chi connectivity index (χ0) is 25.2. The lowest BCUT2D eigenvalue weighted by Gasteiger charge is -2.38. The number of sulfonamides is 1. The highest BCUT2D eigenvalue weighted by atomic mass is 32.2. The van der Waals surface area contributed by atoms with Crippen LogP contribution in [0.4, 0.5) is 5.69 Å². The number of fused-ring (bicyclic) bond motifs is 1. The van der Waals surface area contributed by atoms with Crippen LogP contribution in [0.3, 0.4) is 0 Å². The Labute approximate surface area is 208 Å². The van der Waals surface area contributed by atoms with E-state index in [1.54, 1.807) is 42.5 Å². The van der Waals surface area contributed by atoms with Crippen LogP contribution in [0.25, 0.3) is 0 Å². The van der Waals surface area contributed by atoms with Crippen molar-refractivity contribution in [2.24, 2.45) is 0 Å².